The number of aromatic hydroxyl groups is 1. The zero-order valence-electron chi connectivity index (χ0n) is 9.16. The third-order valence-corrected chi connectivity index (χ3v) is 2.38. The van der Waals surface area contributed by atoms with E-state index in [1.54, 1.807) is 36.4 Å². The first-order chi connectivity index (χ1) is 8.61. The molecule has 0 unspecified atom stereocenters. The highest BCUT2D eigenvalue weighted by Crippen LogP contribution is 2.23. The maximum Gasteiger partial charge on any atom is 0.346 e. The Morgan fingerprint density at radius 3 is 2.78 bits per heavy atom. The number of rotatable bonds is 2. The molecule has 2 aromatic rings. The summed E-state index contributed by atoms with van der Waals surface area (Å²) in [4.78, 5) is 14.6. The molecule has 2 rings (SSSR count). The molecular formula is C13H8N2O3. The number of fused-ring (bicyclic) bond motifs is 1. The third kappa shape index (κ3) is 2.13. The van der Waals surface area contributed by atoms with Crippen molar-refractivity contribution >= 4 is 22.9 Å². The monoisotopic (exact) mass is 240 g/mol. The maximum absolute atomic E-state index is 10.7. The van der Waals surface area contributed by atoms with E-state index in [0.717, 1.165) is 11.5 Å². The summed E-state index contributed by atoms with van der Waals surface area (Å²) < 4.78 is 0. The van der Waals surface area contributed by atoms with Crippen molar-refractivity contribution in [3.63, 3.8) is 0 Å². The van der Waals surface area contributed by atoms with Crippen molar-refractivity contribution in [3.8, 4) is 11.9 Å². The lowest BCUT2D eigenvalue weighted by Gasteiger charge is -2.02. The number of carbonyl (C=O) groups is 1. The van der Waals surface area contributed by atoms with Crippen molar-refractivity contribution < 1.29 is 15.0 Å². The molecule has 0 aliphatic carbocycles. The van der Waals surface area contributed by atoms with Gasteiger partial charge >= 0.3 is 5.97 Å². The van der Waals surface area contributed by atoms with Crippen molar-refractivity contribution in [3.05, 3.63) is 41.5 Å². The van der Waals surface area contributed by atoms with Gasteiger partial charge in [0, 0.05) is 10.9 Å². The Kier molecular flexibility index (Phi) is 2.94. The minimum Gasteiger partial charge on any atom is -0.493 e. The van der Waals surface area contributed by atoms with Gasteiger partial charge in [0.15, 0.2) is 0 Å². The number of pyridine rings is 1. The Bertz CT molecular complexity index is 699. The molecule has 0 saturated carbocycles. The van der Waals surface area contributed by atoms with Crippen LogP contribution in [-0.4, -0.2) is 21.2 Å². The van der Waals surface area contributed by atoms with Gasteiger partial charge in [0.25, 0.3) is 0 Å². The zero-order chi connectivity index (χ0) is 13.1. The lowest BCUT2D eigenvalue weighted by Crippen LogP contribution is -1.97. The van der Waals surface area contributed by atoms with Crippen molar-refractivity contribution in [2.45, 2.75) is 0 Å². The number of aromatic nitrogens is 1. The van der Waals surface area contributed by atoms with Crippen LogP contribution >= 0.6 is 0 Å². The van der Waals surface area contributed by atoms with Crippen LogP contribution < -0.4 is 0 Å². The van der Waals surface area contributed by atoms with Crippen molar-refractivity contribution in [2.75, 3.05) is 0 Å². The lowest BCUT2D eigenvalue weighted by molar-refractivity contribution is -0.132. The van der Waals surface area contributed by atoms with Gasteiger partial charge in [0.1, 0.15) is 11.6 Å². The van der Waals surface area contributed by atoms with E-state index in [4.69, 9.17) is 10.4 Å². The van der Waals surface area contributed by atoms with E-state index < -0.39 is 11.5 Å². The average Bonchev–Trinajstić information content (AvgIpc) is 2.35. The number of nitriles is 1. The molecule has 1 aromatic heterocycles. The summed E-state index contributed by atoms with van der Waals surface area (Å²) in [5.41, 5.74) is 0.344. The molecule has 2 N–H and O–H groups in total. The Balaban J connectivity index is 2.62. The van der Waals surface area contributed by atoms with Crippen LogP contribution in [0.15, 0.2) is 35.9 Å². The molecule has 0 radical (unpaired) electrons. The summed E-state index contributed by atoms with van der Waals surface area (Å²) in [6.45, 7) is 0. The van der Waals surface area contributed by atoms with Gasteiger partial charge in [0.05, 0.1) is 5.52 Å². The molecule has 0 bridgehead atoms. The van der Waals surface area contributed by atoms with Crippen LogP contribution in [0.1, 0.15) is 5.56 Å². The number of nitrogens with zero attached hydrogens (tertiary/aromatic N) is 2. The summed E-state index contributed by atoms with van der Waals surface area (Å²) in [7, 11) is 0. The molecule has 5 heteroatoms. The highest BCUT2D eigenvalue weighted by atomic mass is 16.4. The SMILES string of the molecule is N#CC(=Cc1cc2ccccc2nc1O)C(=O)O. The van der Waals surface area contributed by atoms with Crippen LogP contribution in [0.4, 0.5) is 0 Å². The van der Waals surface area contributed by atoms with Gasteiger partial charge in [-0.05, 0) is 18.2 Å². The van der Waals surface area contributed by atoms with E-state index in [-0.39, 0.29) is 11.4 Å². The highest BCUT2D eigenvalue weighted by molar-refractivity contribution is 5.97. The second-order valence-corrected chi connectivity index (χ2v) is 3.57. The molecule has 0 aliphatic rings. The Morgan fingerprint density at radius 1 is 1.39 bits per heavy atom. The molecule has 5 nitrogen and oxygen atoms in total. The quantitative estimate of drug-likeness (QED) is 0.617. The molecule has 18 heavy (non-hydrogen) atoms. The molecule has 88 valence electrons. The summed E-state index contributed by atoms with van der Waals surface area (Å²) in [6.07, 6.45) is 1.09. The first-order valence-corrected chi connectivity index (χ1v) is 5.05. The van der Waals surface area contributed by atoms with Crippen LogP contribution in [0, 0.1) is 11.3 Å². The van der Waals surface area contributed by atoms with Crippen molar-refractivity contribution in [1.29, 1.82) is 5.26 Å². The molecule has 0 saturated heterocycles. The minimum absolute atomic E-state index is 0.202. The molecule has 0 atom stereocenters. The smallest absolute Gasteiger partial charge is 0.346 e. The molecule has 1 aromatic carbocycles. The first-order valence-electron chi connectivity index (χ1n) is 5.05. The van der Waals surface area contributed by atoms with Crippen LogP contribution in [-0.2, 0) is 4.79 Å². The first kappa shape index (κ1) is 11.6. The van der Waals surface area contributed by atoms with Gasteiger partial charge in [0.2, 0.25) is 5.88 Å². The lowest BCUT2D eigenvalue weighted by atomic mass is 10.1. The van der Waals surface area contributed by atoms with Crippen molar-refractivity contribution in [2.24, 2.45) is 0 Å². The number of hydrogen-bond acceptors (Lipinski definition) is 4. The number of para-hydroxylation sites is 1. The molecule has 0 amide bonds. The fourth-order valence-corrected chi connectivity index (χ4v) is 1.53. The summed E-state index contributed by atoms with van der Waals surface area (Å²) in [5.74, 6) is -1.65. The molecule has 0 fully saturated rings. The minimum atomic E-state index is -1.34. The molecule has 0 spiro atoms. The number of benzene rings is 1. The van der Waals surface area contributed by atoms with Crippen LogP contribution in [0.25, 0.3) is 17.0 Å². The largest absolute Gasteiger partial charge is 0.493 e. The van der Waals surface area contributed by atoms with E-state index in [2.05, 4.69) is 4.98 Å². The maximum atomic E-state index is 10.7. The topological polar surface area (TPSA) is 94.2 Å². The zero-order valence-corrected chi connectivity index (χ0v) is 9.16. The van der Waals surface area contributed by atoms with Crippen LogP contribution in [0.3, 0.4) is 0 Å². The van der Waals surface area contributed by atoms with Gasteiger partial charge in [-0.25, -0.2) is 9.78 Å². The van der Waals surface area contributed by atoms with E-state index in [9.17, 15) is 9.90 Å². The fourth-order valence-electron chi connectivity index (χ4n) is 1.53. The predicted octanol–water partition coefficient (Wildman–Crippen LogP) is 1.93. The summed E-state index contributed by atoms with van der Waals surface area (Å²) in [5, 5.41) is 27.8. The van der Waals surface area contributed by atoms with Gasteiger partial charge in [-0.2, -0.15) is 5.26 Å². The molecule has 0 aliphatic heterocycles. The fraction of sp³-hybridized carbons (Fsp3) is 0. The van der Waals surface area contributed by atoms with Crippen LogP contribution in [0.5, 0.6) is 5.88 Å². The van der Waals surface area contributed by atoms with Crippen LogP contribution in [0.2, 0.25) is 0 Å². The standard InChI is InChI=1S/C13H8N2O3/c14-7-10(13(17)18)6-9-5-8-3-1-2-4-11(8)15-12(9)16/h1-6H,(H,15,16)(H,17,18). The second-order valence-electron chi connectivity index (χ2n) is 3.57. The number of carboxylic acid groups (broad SMARTS) is 1. The normalized spacial score (nSPS) is 11.2. The van der Waals surface area contributed by atoms with Crippen molar-refractivity contribution in [1.82, 2.24) is 4.98 Å². The van der Waals surface area contributed by atoms with E-state index >= 15 is 0 Å². The third-order valence-electron chi connectivity index (χ3n) is 2.38. The van der Waals surface area contributed by atoms with Gasteiger partial charge in [-0.1, -0.05) is 18.2 Å². The Labute approximate surface area is 102 Å². The van der Waals surface area contributed by atoms with Gasteiger partial charge < -0.3 is 10.2 Å². The van der Waals surface area contributed by atoms with E-state index in [1.165, 1.54) is 0 Å². The van der Waals surface area contributed by atoms with Gasteiger partial charge in [-0.3, -0.25) is 0 Å². The summed E-state index contributed by atoms with van der Waals surface area (Å²) >= 11 is 0. The van der Waals surface area contributed by atoms with E-state index in [0.29, 0.717) is 5.52 Å². The Morgan fingerprint density at radius 2 is 2.11 bits per heavy atom. The van der Waals surface area contributed by atoms with E-state index in [1.807, 2.05) is 0 Å². The second kappa shape index (κ2) is 4.55. The highest BCUT2D eigenvalue weighted by Gasteiger charge is 2.09. The number of hydrogen-bond donors (Lipinski definition) is 2. The summed E-state index contributed by atoms with van der Waals surface area (Å²) in [6, 6.07) is 10.2. The Hall–Kier alpha value is -2.87. The molecular weight excluding hydrogens is 232 g/mol. The average molecular weight is 240 g/mol. The predicted molar refractivity (Wildman–Crippen MR) is 64.6 cm³/mol. The van der Waals surface area contributed by atoms with Gasteiger partial charge in [-0.15, -0.1) is 0 Å². The molecule has 1 heterocycles. The number of carboxylic acids is 1. The number of aliphatic carboxylic acids is 1.